The maximum Gasteiger partial charge on any atom is 0.303 e. The predicted octanol–water partition coefficient (Wildman–Crippen LogP) is 5.87. The SMILES string of the molecule is CCC(=O)c1ccc(F)cc1.C[C@H](CCC(=O)O)[C@H]1CC[C@H]2[C@@H]3[C@H](O)C[C@@H]4C[C@H](O)CC[C@]4(C)[C@H]3C[C@H](O)[C@]12C. The number of halogens is 1. The highest BCUT2D eigenvalue weighted by Crippen LogP contribution is 2.68. The van der Waals surface area contributed by atoms with Crippen LogP contribution in [0.3, 0.4) is 0 Å². The first kappa shape index (κ1) is 31.1. The van der Waals surface area contributed by atoms with E-state index in [0.717, 1.165) is 44.9 Å². The van der Waals surface area contributed by atoms with Crippen LogP contribution < -0.4 is 0 Å². The molecule has 4 N–H and O–H groups in total. The predicted molar refractivity (Wildman–Crippen MR) is 151 cm³/mol. The Kier molecular flexibility index (Phi) is 9.48. The zero-order valence-electron chi connectivity index (χ0n) is 24.6. The smallest absolute Gasteiger partial charge is 0.303 e. The van der Waals surface area contributed by atoms with Gasteiger partial charge in [-0.05, 0) is 122 Å². The van der Waals surface area contributed by atoms with Gasteiger partial charge in [-0.15, -0.1) is 0 Å². The summed E-state index contributed by atoms with van der Waals surface area (Å²) in [6.45, 7) is 8.51. The zero-order valence-corrected chi connectivity index (χ0v) is 24.6. The summed E-state index contributed by atoms with van der Waals surface area (Å²) >= 11 is 0. The Morgan fingerprint density at radius 1 is 1.00 bits per heavy atom. The number of hydrogen-bond acceptors (Lipinski definition) is 5. The van der Waals surface area contributed by atoms with Gasteiger partial charge in [0, 0.05) is 18.4 Å². The highest BCUT2D eigenvalue weighted by Gasteiger charge is 2.65. The van der Waals surface area contributed by atoms with E-state index in [9.17, 15) is 29.3 Å². The Balaban J connectivity index is 0.000000283. The minimum atomic E-state index is -0.748. The number of fused-ring (bicyclic) bond motifs is 5. The summed E-state index contributed by atoms with van der Waals surface area (Å²) in [4.78, 5) is 22.1. The van der Waals surface area contributed by atoms with Gasteiger partial charge in [0.15, 0.2) is 5.78 Å². The van der Waals surface area contributed by atoms with Crippen molar-refractivity contribution in [3.63, 3.8) is 0 Å². The van der Waals surface area contributed by atoms with E-state index in [4.69, 9.17) is 5.11 Å². The quantitative estimate of drug-likeness (QED) is 0.324. The van der Waals surface area contributed by atoms with Gasteiger partial charge in [-0.25, -0.2) is 4.39 Å². The van der Waals surface area contributed by atoms with Gasteiger partial charge in [-0.2, -0.15) is 0 Å². The van der Waals surface area contributed by atoms with Crippen molar-refractivity contribution < 1.29 is 34.4 Å². The standard InChI is InChI=1S/C24H40O5.C9H9FO/c1-13(4-7-21(28)29)16-5-6-17-22-18(12-20(27)24(16,17)3)23(2)9-8-15(25)10-14(23)11-19(22)26;1-2-9(11)7-3-5-8(10)6-4-7/h13-20,22,25-27H,4-12H2,1-3H3,(H,28,29);3-6H,2H2,1H3/t13-,14+,15-,16-,17+,18+,19-,20+,22+,23+,24-;/m1./s1. The van der Waals surface area contributed by atoms with Crippen molar-refractivity contribution in [1.82, 2.24) is 0 Å². The molecule has 0 radical (unpaired) electrons. The minimum Gasteiger partial charge on any atom is -0.481 e. The van der Waals surface area contributed by atoms with Crippen molar-refractivity contribution in [1.29, 1.82) is 0 Å². The molecule has 4 aliphatic rings. The molecule has 11 atom stereocenters. The van der Waals surface area contributed by atoms with Crippen molar-refractivity contribution >= 4 is 11.8 Å². The normalized spacial score (nSPS) is 41.0. The highest BCUT2D eigenvalue weighted by molar-refractivity contribution is 5.95. The number of carbonyl (C=O) groups excluding carboxylic acids is 1. The van der Waals surface area contributed by atoms with Crippen LogP contribution in [0.25, 0.3) is 0 Å². The van der Waals surface area contributed by atoms with Gasteiger partial charge >= 0.3 is 5.97 Å². The second-order valence-corrected chi connectivity index (χ2v) is 13.7. The number of ketones is 1. The van der Waals surface area contributed by atoms with E-state index in [1.54, 1.807) is 6.92 Å². The summed E-state index contributed by atoms with van der Waals surface area (Å²) in [6, 6.07) is 5.59. The number of aliphatic hydroxyl groups excluding tert-OH is 3. The second kappa shape index (κ2) is 12.2. The molecule has 0 saturated heterocycles. The van der Waals surface area contributed by atoms with Crippen LogP contribution in [0.5, 0.6) is 0 Å². The number of aliphatic hydroxyl groups is 3. The van der Waals surface area contributed by atoms with Crippen LogP contribution in [0.4, 0.5) is 4.39 Å². The molecule has 4 saturated carbocycles. The second-order valence-electron chi connectivity index (χ2n) is 13.7. The molecule has 5 rings (SSSR count). The number of carboxylic acid groups (broad SMARTS) is 1. The third kappa shape index (κ3) is 5.76. The lowest BCUT2D eigenvalue weighted by molar-refractivity contribution is -0.207. The third-order valence-corrected chi connectivity index (χ3v) is 11.8. The molecule has 0 bridgehead atoms. The van der Waals surface area contributed by atoms with E-state index >= 15 is 0 Å². The fraction of sp³-hybridized carbons (Fsp3) is 0.758. The Morgan fingerprint density at radius 3 is 2.30 bits per heavy atom. The van der Waals surface area contributed by atoms with Gasteiger partial charge in [0.2, 0.25) is 0 Å². The van der Waals surface area contributed by atoms with Gasteiger partial charge in [0.1, 0.15) is 5.82 Å². The summed E-state index contributed by atoms with van der Waals surface area (Å²) in [5, 5.41) is 42.0. The number of hydrogen-bond donors (Lipinski definition) is 4. The van der Waals surface area contributed by atoms with Crippen LogP contribution in [0, 0.1) is 52.2 Å². The maximum atomic E-state index is 12.3. The molecule has 0 amide bonds. The van der Waals surface area contributed by atoms with E-state index in [0.29, 0.717) is 42.1 Å². The number of rotatable bonds is 6. The summed E-state index contributed by atoms with van der Waals surface area (Å²) < 4.78 is 12.3. The first-order valence-electron chi connectivity index (χ1n) is 15.4. The number of carboxylic acids is 1. The number of aliphatic carboxylic acids is 1. The van der Waals surface area contributed by atoms with E-state index in [2.05, 4.69) is 20.8 Å². The molecule has 0 aromatic heterocycles. The molecular formula is C33H49FO6. The summed E-state index contributed by atoms with van der Waals surface area (Å²) in [5.74, 6) is 0.736. The molecule has 0 unspecified atom stereocenters. The van der Waals surface area contributed by atoms with E-state index < -0.39 is 12.1 Å². The lowest BCUT2D eigenvalue weighted by atomic mass is 9.43. The Labute approximate surface area is 238 Å². The highest BCUT2D eigenvalue weighted by atomic mass is 19.1. The zero-order chi connectivity index (χ0) is 29.4. The van der Waals surface area contributed by atoms with Crippen LogP contribution in [0.1, 0.15) is 102 Å². The third-order valence-electron chi connectivity index (χ3n) is 11.8. The van der Waals surface area contributed by atoms with Gasteiger partial charge in [0.05, 0.1) is 18.3 Å². The summed E-state index contributed by atoms with van der Waals surface area (Å²) in [5.41, 5.74) is 0.435. The van der Waals surface area contributed by atoms with Crippen LogP contribution in [-0.4, -0.2) is 50.5 Å². The molecule has 40 heavy (non-hydrogen) atoms. The molecule has 1 aromatic carbocycles. The minimum absolute atomic E-state index is 0.0463. The molecule has 6 nitrogen and oxygen atoms in total. The van der Waals surface area contributed by atoms with E-state index in [-0.39, 0.29) is 52.9 Å². The van der Waals surface area contributed by atoms with Gasteiger partial charge in [-0.3, -0.25) is 9.59 Å². The maximum absolute atomic E-state index is 12.3. The van der Waals surface area contributed by atoms with Crippen LogP contribution in [0.2, 0.25) is 0 Å². The van der Waals surface area contributed by atoms with Crippen molar-refractivity contribution in [3.8, 4) is 0 Å². The average molecular weight is 561 g/mol. The molecule has 4 aliphatic carbocycles. The van der Waals surface area contributed by atoms with Crippen molar-refractivity contribution in [2.24, 2.45) is 46.3 Å². The molecule has 0 aliphatic heterocycles. The first-order chi connectivity index (χ1) is 18.8. The van der Waals surface area contributed by atoms with Crippen LogP contribution in [0.15, 0.2) is 24.3 Å². The molecule has 1 aromatic rings. The van der Waals surface area contributed by atoms with Crippen molar-refractivity contribution in [2.75, 3.05) is 0 Å². The first-order valence-corrected chi connectivity index (χ1v) is 15.4. The average Bonchev–Trinajstić information content (AvgIpc) is 3.27. The monoisotopic (exact) mass is 560 g/mol. The Bertz CT molecular complexity index is 1040. The lowest BCUT2D eigenvalue weighted by Gasteiger charge is -2.63. The fourth-order valence-corrected chi connectivity index (χ4v) is 9.52. The number of benzene rings is 1. The molecule has 0 heterocycles. The Hall–Kier alpha value is -1.83. The van der Waals surface area contributed by atoms with Gasteiger partial charge in [0.25, 0.3) is 0 Å². The molecular weight excluding hydrogens is 511 g/mol. The Morgan fingerprint density at radius 2 is 1.68 bits per heavy atom. The van der Waals surface area contributed by atoms with E-state index in [1.165, 1.54) is 24.3 Å². The molecule has 224 valence electrons. The molecule has 0 spiro atoms. The lowest BCUT2D eigenvalue weighted by Crippen LogP contribution is -2.62. The van der Waals surface area contributed by atoms with Crippen LogP contribution >= 0.6 is 0 Å². The summed E-state index contributed by atoms with van der Waals surface area (Å²) in [6.07, 6.45) is 6.46. The van der Waals surface area contributed by atoms with Crippen molar-refractivity contribution in [2.45, 2.75) is 110 Å². The number of Topliss-reactive ketones (excluding diaryl/α,β-unsaturated/α-hetero) is 1. The summed E-state index contributed by atoms with van der Waals surface area (Å²) in [7, 11) is 0. The van der Waals surface area contributed by atoms with E-state index in [1.807, 2.05) is 0 Å². The van der Waals surface area contributed by atoms with Crippen LogP contribution in [-0.2, 0) is 4.79 Å². The van der Waals surface area contributed by atoms with Crippen molar-refractivity contribution in [3.05, 3.63) is 35.6 Å². The number of carbonyl (C=O) groups is 2. The van der Waals surface area contributed by atoms with Gasteiger partial charge < -0.3 is 20.4 Å². The molecule has 4 fully saturated rings. The largest absolute Gasteiger partial charge is 0.481 e. The topological polar surface area (TPSA) is 115 Å². The molecule has 7 heteroatoms. The van der Waals surface area contributed by atoms with Gasteiger partial charge in [-0.1, -0.05) is 27.7 Å². The fourth-order valence-electron chi connectivity index (χ4n) is 9.52.